The van der Waals surface area contributed by atoms with E-state index in [1.807, 2.05) is 13.8 Å². The van der Waals surface area contributed by atoms with E-state index < -0.39 is 28.6 Å². The summed E-state index contributed by atoms with van der Waals surface area (Å²) in [4.78, 5) is 25.1. The molecule has 0 aromatic carbocycles. The number of aliphatic hydroxyl groups is 3. The first-order valence-corrected chi connectivity index (χ1v) is 9.89. The summed E-state index contributed by atoms with van der Waals surface area (Å²) in [6.07, 6.45) is 3.29. The van der Waals surface area contributed by atoms with Gasteiger partial charge in [0.15, 0.2) is 5.78 Å². The molecule has 0 saturated heterocycles. The number of carbonyl (C=O) groups excluding carboxylic acids is 2. The number of carbonyl (C=O) groups is 2. The lowest BCUT2D eigenvalue weighted by atomic mass is 9.46. The maximum Gasteiger partial charge on any atom is 0.159 e. The Kier molecular flexibility index (Phi) is 3.87. The molecule has 5 heteroatoms. The van der Waals surface area contributed by atoms with E-state index in [-0.39, 0.29) is 35.7 Å². The van der Waals surface area contributed by atoms with Gasteiger partial charge in [0, 0.05) is 17.3 Å². The second-order valence-electron chi connectivity index (χ2n) is 9.71. The molecule has 0 aliphatic heterocycles. The van der Waals surface area contributed by atoms with Gasteiger partial charge in [-0.05, 0) is 68.4 Å². The molecular formula is C21H30O5. The lowest BCUT2D eigenvalue weighted by Crippen LogP contribution is -2.60. The zero-order chi connectivity index (χ0) is 19.1. The molecule has 4 rings (SSSR count). The van der Waals surface area contributed by atoms with Gasteiger partial charge < -0.3 is 15.3 Å². The fraction of sp³-hybridized carbons (Fsp3) is 0.810. The van der Waals surface area contributed by atoms with Crippen molar-refractivity contribution in [3.05, 3.63) is 11.6 Å². The summed E-state index contributed by atoms with van der Waals surface area (Å²) >= 11 is 0. The number of hydrogen-bond donors (Lipinski definition) is 3. The highest BCUT2D eigenvalue weighted by molar-refractivity contribution is 5.95. The molecule has 0 heterocycles. The van der Waals surface area contributed by atoms with Crippen LogP contribution in [0.15, 0.2) is 11.6 Å². The van der Waals surface area contributed by atoms with Crippen molar-refractivity contribution in [1.29, 1.82) is 0 Å². The van der Waals surface area contributed by atoms with Crippen LogP contribution in [0, 0.1) is 28.6 Å². The van der Waals surface area contributed by atoms with E-state index in [0.717, 1.165) is 18.4 Å². The highest BCUT2D eigenvalue weighted by atomic mass is 16.3. The predicted octanol–water partition coefficient (Wildman–Crippen LogP) is 1.78. The van der Waals surface area contributed by atoms with Crippen molar-refractivity contribution in [2.24, 2.45) is 28.6 Å². The smallest absolute Gasteiger partial charge is 0.159 e. The molecule has 5 nitrogen and oxygen atoms in total. The third-order valence-corrected chi connectivity index (χ3v) is 8.61. The van der Waals surface area contributed by atoms with Crippen molar-refractivity contribution in [3.63, 3.8) is 0 Å². The van der Waals surface area contributed by atoms with Gasteiger partial charge in [-0.2, -0.15) is 0 Å². The Morgan fingerprint density at radius 2 is 1.81 bits per heavy atom. The Morgan fingerprint density at radius 3 is 2.46 bits per heavy atom. The van der Waals surface area contributed by atoms with E-state index in [9.17, 15) is 24.9 Å². The molecule has 8 atom stereocenters. The summed E-state index contributed by atoms with van der Waals surface area (Å²) in [5, 5.41) is 32.1. The van der Waals surface area contributed by atoms with Gasteiger partial charge in [0.1, 0.15) is 5.78 Å². The quantitative estimate of drug-likeness (QED) is 0.661. The maximum absolute atomic E-state index is 12.9. The third-order valence-electron chi connectivity index (χ3n) is 8.61. The Morgan fingerprint density at radius 1 is 1.12 bits per heavy atom. The van der Waals surface area contributed by atoms with Gasteiger partial charge in [0.05, 0.1) is 17.8 Å². The SMILES string of the molecule is CC(=O)[C@H]1CCC2(O)C3=CC(=O)[C@@H]4C[C@@H](O)[C@@H](O)C[C@]4(C)[C@H]3CC[C@]12C. The summed E-state index contributed by atoms with van der Waals surface area (Å²) < 4.78 is 0. The van der Waals surface area contributed by atoms with Crippen molar-refractivity contribution in [3.8, 4) is 0 Å². The second-order valence-corrected chi connectivity index (χ2v) is 9.71. The summed E-state index contributed by atoms with van der Waals surface area (Å²) in [6.45, 7) is 5.64. The Hall–Kier alpha value is -1.04. The van der Waals surface area contributed by atoms with Crippen LogP contribution in [0.2, 0.25) is 0 Å². The van der Waals surface area contributed by atoms with Crippen LogP contribution < -0.4 is 0 Å². The van der Waals surface area contributed by atoms with E-state index in [2.05, 4.69) is 0 Å². The van der Waals surface area contributed by atoms with Crippen molar-refractivity contribution >= 4 is 11.6 Å². The molecule has 0 bridgehead atoms. The molecule has 1 unspecified atom stereocenters. The molecular weight excluding hydrogens is 332 g/mol. The number of ketones is 2. The molecule has 3 fully saturated rings. The first-order chi connectivity index (χ1) is 12.0. The van der Waals surface area contributed by atoms with Crippen LogP contribution >= 0.6 is 0 Å². The molecule has 144 valence electrons. The Balaban J connectivity index is 1.80. The van der Waals surface area contributed by atoms with Gasteiger partial charge in [-0.3, -0.25) is 9.59 Å². The first-order valence-electron chi connectivity index (χ1n) is 9.89. The Bertz CT molecular complexity index is 699. The maximum atomic E-state index is 12.9. The van der Waals surface area contributed by atoms with Gasteiger partial charge in [0.2, 0.25) is 0 Å². The van der Waals surface area contributed by atoms with Crippen molar-refractivity contribution in [1.82, 2.24) is 0 Å². The molecule has 3 saturated carbocycles. The molecule has 26 heavy (non-hydrogen) atoms. The van der Waals surface area contributed by atoms with Gasteiger partial charge in [-0.1, -0.05) is 13.8 Å². The number of fused-ring (bicyclic) bond motifs is 5. The monoisotopic (exact) mass is 362 g/mol. The van der Waals surface area contributed by atoms with Gasteiger partial charge in [-0.15, -0.1) is 0 Å². The summed E-state index contributed by atoms with van der Waals surface area (Å²) in [5.74, 6) is -0.406. The van der Waals surface area contributed by atoms with Crippen LogP contribution in [-0.4, -0.2) is 44.7 Å². The fourth-order valence-corrected chi connectivity index (χ4v) is 7.02. The van der Waals surface area contributed by atoms with Gasteiger partial charge in [-0.25, -0.2) is 0 Å². The van der Waals surface area contributed by atoms with Gasteiger partial charge in [0.25, 0.3) is 0 Å². The molecule has 0 aromatic rings. The molecule has 0 spiro atoms. The zero-order valence-electron chi connectivity index (χ0n) is 15.9. The number of hydrogen-bond acceptors (Lipinski definition) is 5. The average molecular weight is 362 g/mol. The van der Waals surface area contributed by atoms with Crippen LogP contribution in [0.4, 0.5) is 0 Å². The molecule has 0 amide bonds. The van der Waals surface area contributed by atoms with Crippen LogP contribution in [0.3, 0.4) is 0 Å². The molecule has 0 aromatic heterocycles. The predicted molar refractivity (Wildman–Crippen MR) is 95.1 cm³/mol. The van der Waals surface area contributed by atoms with E-state index >= 15 is 0 Å². The number of Topliss-reactive ketones (excluding diaryl/α,β-unsaturated/α-hetero) is 1. The fourth-order valence-electron chi connectivity index (χ4n) is 7.02. The number of rotatable bonds is 1. The van der Waals surface area contributed by atoms with Crippen LogP contribution in [0.25, 0.3) is 0 Å². The highest BCUT2D eigenvalue weighted by Crippen LogP contribution is 2.67. The normalized spacial score (nSPS) is 53.4. The molecule has 4 aliphatic rings. The lowest BCUT2D eigenvalue weighted by Gasteiger charge is -2.59. The van der Waals surface area contributed by atoms with Crippen molar-refractivity contribution in [2.45, 2.75) is 77.1 Å². The minimum atomic E-state index is -1.13. The minimum absolute atomic E-state index is 0.0103. The molecule has 4 aliphatic carbocycles. The van der Waals surface area contributed by atoms with E-state index in [1.165, 1.54) is 0 Å². The zero-order valence-corrected chi connectivity index (χ0v) is 15.9. The Labute approximate surface area is 154 Å². The second kappa shape index (κ2) is 5.49. The highest BCUT2D eigenvalue weighted by Gasteiger charge is 2.67. The summed E-state index contributed by atoms with van der Waals surface area (Å²) in [5.41, 5.74) is -1.33. The van der Waals surface area contributed by atoms with E-state index in [4.69, 9.17) is 0 Å². The minimum Gasteiger partial charge on any atom is -0.390 e. The van der Waals surface area contributed by atoms with Crippen molar-refractivity contribution in [2.75, 3.05) is 0 Å². The standard InChI is InChI=1S/C21H30O5/c1-11(22)12-5-7-21(26)14-8-16(23)15-9-17(24)18(25)10-19(15,2)13(14)4-6-20(12,21)3/h8,12-13,15,17-18,24-26H,4-7,9-10H2,1-3H3/t12-,13+,15+,17-,18+,19-,20-,21?/m1/s1. The average Bonchev–Trinajstić information content (AvgIpc) is 2.83. The third kappa shape index (κ3) is 2.08. The topological polar surface area (TPSA) is 94.8 Å². The number of allylic oxidation sites excluding steroid dienone is 1. The number of aliphatic hydroxyl groups excluding tert-OH is 2. The lowest BCUT2D eigenvalue weighted by molar-refractivity contribution is -0.153. The van der Waals surface area contributed by atoms with Crippen LogP contribution in [0.1, 0.15) is 59.3 Å². The van der Waals surface area contributed by atoms with Crippen molar-refractivity contribution < 1.29 is 24.9 Å². The summed E-state index contributed by atoms with van der Waals surface area (Å²) in [6, 6.07) is 0. The van der Waals surface area contributed by atoms with Crippen LogP contribution in [-0.2, 0) is 9.59 Å². The molecule has 0 radical (unpaired) electrons. The van der Waals surface area contributed by atoms with Crippen LogP contribution in [0.5, 0.6) is 0 Å². The van der Waals surface area contributed by atoms with E-state index in [0.29, 0.717) is 19.3 Å². The largest absolute Gasteiger partial charge is 0.390 e. The van der Waals surface area contributed by atoms with E-state index in [1.54, 1.807) is 13.0 Å². The van der Waals surface area contributed by atoms with Gasteiger partial charge >= 0.3 is 0 Å². The summed E-state index contributed by atoms with van der Waals surface area (Å²) in [7, 11) is 0. The first kappa shape index (κ1) is 18.3. The molecule has 3 N–H and O–H groups in total.